The number of hydrogen-bond acceptors (Lipinski definition) is 3. The number of nitriles is 1. The lowest BCUT2D eigenvalue weighted by Gasteiger charge is -2.36. The molecule has 1 rings (SSSR count). The highest BCUT2D eigenvalue weighted by Crippen LogP contribution is 2.19. The topological polar surface area (TPSA) is 30.3 Å². The van der Waals surface area contributed by atoms with E-state index in [1.807, 2.05) is 0 Å². The van der Waals surface area contributed by atoms with Crippen molar-refractivity contribution in [3.8, 4) is 6.07 Å². The highest BCUT2D eigenvalue weighted by atomic mass is 15.3. The number of nitrogens with zero attached hydrogens (tertiary/aromatic N) is 3. The molecule has 1 aliphatic heterocycles. The summed E-state index contributed by atoms with van der Waals surface area (Å²) >= 11 is 0. The van der Waals surface area contributed by atoms with E-state index >= 15 is 0 Å². The van der Waals surface area contributed by atoms with Crippen molar-refractivity contribution < 1.29 is 0 Å². The Bertz CT molecular complexity index is 236. The molecular weight excluding hydrogens is 186 g/mol. The molecule has 0 aromatic carbocycles. The van der Waals surface area contributed by atoms with E-state index in [0.717, 1.165) is 19.6 Å². The molecular formula is C12H23N3. The maximum atomic E-state index is 8.82. The Morgan fingerprint density at radius 2 is 2.00 bits per heavy atom. The van der Waals surface area contributed by atoms with E-state index in [0.29, 0.717) is 12.5 Å². The second-order valence-electron chi connectivity index (χ2n) is 5.47. The molecule has 15 heavy (non-hydrogen) atoms. The molecule has 3 nitrogen and oxygen atoms in total. The molecule has 1 aliphatic rings. The number of hydrogen-bond donors (Lipinski definition) is 0. The molecule has 0 amide bonds. The van der Waals surface area contributed by atoms with Gasteiger partial charge in [-0.3, -0.25) is 4.90 Å². The molecule has 0 saturated carbocycles. The molecule has 1 unspecified atom stereocenters. The second-order valence-corrected chi connectivity index (χ2v) is 5.47. The summed E-state index contributed by atoms with van der Waals surface area (Å²) in [7, 11) is 2.13. The van der Waals surface area contributed by atoms with Crippen molar-refractivity contribution in [1.82, 2.24) is 9.80 Å². The van der Waals surface area contributed by atoms with Gasteiger partial charge in [0.25, 0.3) is 0 Å². The lowest BCUT2D eigenvalue weighted by atomic mass is 10.0. The SMILES string of the molecule is CN1CCCN(C(C)(C)C)CC1CC#N. The third-order valence-corrected chi connectivity index (χ3v) is 3.27. The highest BCUT2D eigenvalue weighted by Gasteiger charge is 2.28. The van der Waals surface area contributed by atoms with Crippen molar-refractivity contribution in [2.75, 3.05) is 26.7 Å². The van der Waals surface area contributed by atoms with Crippen LogP contribution >= 0.6 is 0 Å². The summed E-state index contributed by atoms with van der Waals surface area (Å²) in [4.78, 5) is 4.83. The largest absolute Gasteiger partial charge is 0.301 e. The van der Waals surface area contributed by atoms with Crippen molar-refractivity contribution in [3.05, 3.63) is 0 Å². The van der Waals surface area contributed by atoms with Crippen LogP contribution in [0.15, 0.2) is 0 Å². The van der Waals surface area contributed by atoms with E-state index < -0.39 is 0 Å². The van der Waals surface area contributed by atoms with Gasteiger partial charge in [-0.15, -0.1) is 0 Å². The minimum atomic E-state index is 0.221. The molecule has 0 spiro atoms. The molecule has 1 fully saturated rings. The van der Waals surface area contributed by atoms with Crippen LogP contribution in [0.4, 0.5) is 0 Å². The molecule has 3 heteroatoms. The third-order valence-electron chi connectivity index (χ3n) is 3.27. The summed E-state index contributed by atoms with van der Waals surface area (Å²) in [6, 6.07) is 2.70. The summed E-state index contributed by atoms with van der Waals surface area (Å²) in [5, 5.41) is 8.82. The van der Waals surface area contributed by atoms with E-state index in [-0.39, 0.29) is 5.54 Å². The van der Waals surface area contributed by atoms with E-state index in [4.69, 9.17) is 5.26 Å². The van der Waals surface area contributed by atoms with Crippen LogP contribution in [0.3, 0.4) is 0 Å². The van der Waals surface area contributed by atoms with Crippen LogP contribution in [0.2, 0.25) is 0 Å². The molecule has 1 saturated heterocycles. The molecule has 0 aliphatic carbocycles. The minimum Gasteiger partial charge on any atom is -0.301 e. The zero-order valence-corrected chi connectivity index (χ0v) is 10.5. The van der Waals surface area contributed by atoms with Gasteiger partial charge < -0.3 is 4.90 Å². The first kappa shape index (κ1) is 12.5. The highest BCUT2D eigenvalue weighted by molar-refractivity contribution is 4.89. The Morgan fingerprint density at radius 3 is 2.53 bits per heavy atom. The van der Waals surface area contributed by atoms with Crippen molar-refractivity contribution in [3.63, 3.8) is 0 Å². The van der Waals surface area contributed by atoms with Crippen molar-refractivity contribution in [2.45, 2.75) is 45.2 Å². The molecule has 1 heterocycles. The normalized spacial score (nSPS) is 25.9. The van der Waals surface area contributed by atoms with Crippen LogP contribution in [0.1, 0.15) is 33.6 Å². The van der Waals surface area contributed by atoms with E-state index in [2.05, 4.69) is 43.7 Å². The summed E-state index contributed by atoms with van der Waals surface area (Å²) in [5.74, 6) is 0. The fourth-order valence-electron chi connectivity index (χ4n) is 2.11. The van der Waals surface area contributed by atoms with Crippen molar-refractivity contribution in [2.24, 2.45) is 0 Å². The molecule has 0 radical (unpaired) electrons. The summed E-state index contributed by atoms with van der Waals surface area (Å²) < 4.78 is 0. The molecule has 1 atom stereocenters. The van der Waals surface area contributed by atoms with Crippen LogP contribution < -0.4 is 0 Å². The summed E-state index contributed by atoms with van der Waals surface area (Å²) in [6.07, 6.45) is 1.85. The second kappa shape index (κ2) is 4.96. The molecule has 0 aromatic heterocycles. The van der Waals surface area contributed by atoms with Gasteiger partial charge in [-0.05, 0) is 47.3 Å². The Hall–Kier alpha value is -0.590. The fraction of sp³-hybridized carbons (Fsp3) is 0.917. The predicted molar refractivity (Wildman–Crippen MR) is 62.6 cm³/mol. The lowest BCUT2D eigenvalue weighted by Crippen LogP contribution is -2.46. The quantitative estimate of drug-likeness (QED) is 0.658. The monoisotopic (exact) mass is 209 g/mol. The first-order valence-electron chi connectivity index (χ1n) is 5.77. The standard InChI is InChI=1S/C12H23N3/c1-12(2,3)15-9-5-8-14(4)11(10-15)6-7-13/h11H,5-6,8-10H2,1-4H3. The van der Waals surface area contributed by atoms with Crippen LogP contribution in [-0.4, -0.2) is 48.1 Å². The van der Waals surface area contributed by atoms with Gasteiger partial charge in [0.15, 0.2) is 0 Å². The van der Waals surface area contributed by atoms with Gasteiger partial charge in [-0.25, -0.2) is 0 Å². The van der Waals surface area contributed by atoms with E-state index in [1.165, 1.54) is 6.42 Å². The van der Waals surface area contributed by atoms with Gasteiger partial charge in [0.1, 0.15) is 0 Å². The van der Waals surface area contributed by atoms with Crippen molar-refractivity contribution in [1.29, 1.82) is 5.26 Å². The lowest BCUT2D eigenvalue weighted by molar-refractivity contribution is 0.119. The van der Waals surface area contributed by atoms with E-state index in [1.54, 1.807) is 0 Å². The van der Waals surface area contributed by atoms with Crippen molar-refractivity contribution >= 4 is 0 Å². The van der Waals surface area contributed by atoms with Crippen LogP contribution in [-0.2, 0) is 0 Å². The van der Waals surface area contributed by atoms with Gasteiger partial charge in [0.05, 0.1) is 12.5 Å². The van der Waals surface area contributed by atoms with Gasteiger partial charge in [0, 0.05) is 18.1 Å². The van der Waals surface area contributed by atoms with Gasteiger partial charge >= 0.3 is 0 Å². The first-order chi connectivity index (χ1) is 6.95. The molecule has 0 aromatic rings. The average Bonchev–Trinajstić information content (AvgIpc) is 2.29. The smallest absolute Gasteiger partial charge is 0.0638 e. The average molecular weight is 209 g/mol. The number of likely N-dealkylation sites (N-methyl/N-ethyl adjacent to an activating group) is 1. The Morgan fingerprint density at radius 1 is 1.33 bits per heavy atom. The number of rotatable bonds is 1. The minimum absolute atomic E-state index is 0.221. The predicted octanol–water partition coefficient (Wildman–Crippen LogP) is 1.70. The fourth-order valence-corrected chi connectivity index (χ4v) is 2.11. The third kappa shape index (κ3) is 3.48. The zero-order valence-electron chi connectivity index (χ0n) is 10.5. The van der Waals surface area contributed by atoms with Gasteiger partial charge in [-0.2, -0.15) is 5.26 Å². The van der Waals surface area contributed by atoms with Gasteiger partial charge in [0.2, 0.25) is 0 Å². The Balaban J connectivity index is 2.68. The molecule has 0 N–H and O–H groups in total. The van der Waals surface area contributed by atoms with E-state index in [9.17, 15) is 0 Å². The van der Waals surface area contributed by atoms with Crippen LogP contribution in [0, 0.1) is 11.3 Å². The van der Waals surface area contributed by atoms with Crippen LogP contribution in [0.5, 0.6) is 0 Å². The Labute approximate surface area is 93.7 Å². The molecule has 0 bridgehead atoms. The zero-order chi connectivity index (χ0) is 11.5. The summed E-state index contributed by atoms with van der Waals surface area (Å²) in [5.41, 5.74) is 0.221. The maximum absolute atomic E-state index is 8.82. The first-order valence-corrected chi connectivity index (χ1v) is 5.77. The molecule has 86 valence electrons. The van der Waals surface area contributed by atoms with Crippen LogP contribution in [0.25, 0.3) is 0 Å². The van der Waals surface area contributed by atoms with Gasteiger partial charge in [-0.1, -0.05) is 0 Å². The maximum Gasteiger partial charge on any atom is 0.0638 e. The Kier molecular flexibility index (Phi) is 4.12. The summed E-state index contributed by atoms with van der Waals surface area (Å²) in [6.45, 7) is 10.0.